The standard InChI is InChI=1S/C11H10F2N4/c1-5-2-8(13)6(3-7(5)12)9-4-10(14)17-11(15)16-9/h2-4H,1H3,(H4,14,15,16,17). The molecule has 2 aromatic rings. The molecule has 0 atom stereocenters. The summed E-state index contributed by atoms with van der Waals surface area (Å²) in [6.07, 6.45) is 0. The molecule has 4 N–H and O–H groups in total. The monoisotopic (exact) mass is 236 g/mol. The van der Waals surface area contributed by atoms with E-state index in [2.05, 4.69) is 9.97 Å². The van der Waals surface area contributed by atoms with Crippen LogP contribution < -0.4 is 11.5 Å². The van der Waals surface area contributed by atoms with Crippen molar-refractivity contribution in [1.82, 2.24) is 9.97 Å². The van der Waals surface area contributed by atoms with Gasteiger partial charge in [0.25, 0.3) is 0 Å². The lowest BCUT2D eigenvalue weighted by Crippen LogP contribution is -2.01. The molecule has 17 heavy (non-hydrogen) atoms. The van der Waals surface area contributed by atoms with Gasteiger partial charge in [0, 0.05) is 11.6 Å². The highest BCUT2D eigenvalue weighted by molar-refractivity contribution is 5.64. The van der Waals surface area contributed by atoms with Crippen LogP contribution in [0.25, 0.3) is 11.3 Å². The Morgan fingerprint density at radius 3 is 2.35 bits per heavy atom. The quantitative estimate of drug-likeness (QED) is 0.792. The van der Waals surface area contributed by atoms with Gasteiger partial charge >= 0.3 is 0 Å². The predicted octanol–water partition coefficient (Wildman–Crippen LogP) is 1.89. The zero-order valence-electron chi connectivity index (χ0n) is 9.04. The zero-order chi connectivity index (χ0) is 12.6. The first-order chi connectivity index (χ1) is 7.97. The molecule has 1 aromatic carbocycles. The number of aryl methyl sites for hydroxylation is 1. The molecule has 0 saturated heterocycles. The Kier molecular flexibility index (Phi) is 2.63. The number of hydrogen-bond acceptors (Lipinski definition) is 4. The summed E-state index contributed by atoms with van der Waals surface area (Å²) in [5, 5.41) is 0. The summed E-state index contributed by atoms with van der Waals surface area (Å²) in [6.45, 7) is 1.48. The van der Waals surface area contributed by atoms with Crippen LogP contribution in [-0.4, -0.2) is 9.97 Å². The lowest BCUT2D eigenvalue weighted by Gasteiger charge is -2.06. The van der Waals surface area contributed by atoms with Crippen molar-refractivity contribution in [3.05, 3.63) is 35.4 Å². The molecule has 0 saturated carbocycles. The van der Waals surface area contributed by atoms with Crippen molar-refractivity contribution in [2.24, 2.45) is 0 Å². The number of nitrogens with two attached hydrogens (primary N) is 2. The van der Waals surface area contributed by atoms with Crippen LogP contribution in [0.15, 0.2) is 18.2 Å². The van der Waals surface area contributed by atoms with Gasteiger partial charge in [-0.25, -0.2) is 13.8 Å². The molecule has 6 heteroatoms. The van der Waals surface area contributed by atoms with Gasteiger partial charge in [-0.3, -0.25) is 0 Å². The number of benzene rings is 1. The average molecular weight is 236 g/mol. The SMILES string of the molecule is Cc1cc(F)c(-c2cc(N)nc(N)n2)cc1F. The van der Waals surface area contributed by atoms with Gasteiger partial charge in [0.05, 0.1) is 5.69 Å². The molecule has 0 aliphatic rings. The minimum absolute atomic E-state index is 0.00824. The number of nitrogens with zero attached hydrogens (tertiary/aromatic N) is 2. The van der Waals surface area contributed by atoms with Gasteiger partial charge in [0.1, 0.15) is 17.5 Å². The smallest absolute Gasteiger partial charge is 0.222 e. The highest BCUT2D eigenvalue weighted by Gasteiger charge is 2.12. The number of anilines is 2. The normalized spacial score (nSPS) is 10.5. The second-order valence-corrected chi connectivity index (χ2v) is 3.62. The Hall–Kier alpha value is -2.24. The van der Waals surface area contributed by atoms with Gasteiger partial charge in [-0.2, -0.15) is 4.98 Å². The summed E-state index contributed by atoms with van der Waals surface area (Å²) in [7, 11) is 0. The molecule has 1 aromatic heterocycles. The first-order valence-corrected chi connectivity index (χ1v) is 4.83. The van der Waals surface area contributed by atoms with Crippen molar-refractivity contribution in [2.75, 3.05) is 11.5 Å². The summed E-state index contributed by atoms with van der Waals surface area (Å²) in [6, 6.07) is 3.49. The number of halogens is 2. The maximum absolute atomic E-state index is 13.7. The van der Waals surface area contributed by atoms with Crippen molar-refractivity contribution >= 4 is 11.8 Å². The minimum atomic E-state index is -0.582. The van der Waals surface area contributed by atoms with Crippen LogP contribution in [0.3, 0.4) is 0 Å². The van der Waals surface area contributed by atoms with Gasteiger partial charge in [0.2, 0.25) is 5.95 Å². The molecule has 88 valence electrons. The third-order valence-corrected chi connectivity index (χ3v) is 2.29. The fourth-order valence-corrected chi connectivity index (χ4v) is 1.47. The summed E-state index contributed by atoms with van der Waals surface area (Å²) >= 11 is 0. The molecule has 0 unspecified atom stereocenters. The van der Waals surface area contributed by atoms with Crippen LogP contribution in [-0.2, 0) is 0 Å². The van der Waals surface area contributed by atoms with E-state index < -0.39 is 11.6 Å². The minimum Gasteiger partial charge on any atom is -0.384 e. The summed E-state index contributed by atoms with van der Waals surface area (Å²) < 4.78 is 27.0. The average Bonchev–Trinajstić information content (AvgIpc) is 2.22. The molecule has 0 fully saturated rings. The Morgan fingerprint density at radius 2 is 1.71 bits per heavy atom. The van der Waals surface area contributed by atoms with E-state index in [0.29, 0.717) is 0 Å². The maximum Gasteiger partial charge on any atom is 0.222 e. The van der Waals surface area contributed by atoms with E-state index in [-0.39, 0.29) is 28.6 Å². The van der Waals surface area contributed by atoms with Crippen LogP contribution in [0.4, 0.5) is 20.5 Å². The Labute approximate surface area is 96.3 Å². The number of aromatic nitrogens is 2. The second kappa shape index (κ2) is 3.97. The maximum atomic E-state index is 13.7. The van der Waals surface area contributed by atoms with E-state index in [1.54, 1.807) is 0 Å². The van der Waals surface area contributed by atoms with Crippen LogP contribution in [0.1, 0.15) is 5.56 Å². The third kappa shape index (κ3) is 2.15. The summed E-state index contributed by atoms with van der Waals surface area (Å²) in [5.74, 6) is -1.08. The first kappa shape index (κ1) is 11.3. The first-order valence-electron chi connectivity index (χ1n) is 4.83. The Balaban J connectivity index is 2.64. The van der Waals surface area contributed by atoms with Crippen molar-refractivity contribution in [3.8, 4) is 11.3 Å². The van der Waals surface area contributed by atoms with Crippen LogP contribution in [0.5, 0.6) is 0 Å². The fraction of sp³-hybridized carbons (Fsp3) is 0.0909. The van der Waals surface area contributed by atoms with Crippen LogP contribution in [0.2, 0.25) is 0 Å². The van der Waals surface area contributed by atoms with Crippen molar-refractivity contribution < 1.29 is 8.78 Å². The van der Waals surface area contributed by atoms with Gasteiger partial charge in [-0.15, -0.1) is 0 Å². The van der Waals surface area contributed by atoms with Crippen LogP contribution >= 0.6 is 0 Å². The molecule has 0 radical (unpaired) electrons. The van der Waals surface area contributed by atoms with E-state index in [9.17, 15) is 8.78 Å². The molecular formula is C11H10F2N4. The second-order valence-electron chi connectivity index (χ2n) is 3.62. The molecule has 4 nitrogen and oxygen atoms in total. The lowest BCUT2D eigenvalue weighted by molar-refractivity contribution is 0.595. The van der Waals surface area contributed by atoms with Crippen molar-refractivity contribution in [1.29, 1.82) is 0 Å². The summed E-state index contributed by atoms with van der Waals surface area (Å²) in [5.41, 5.74) is 11.3. The van der Waals surface area contributed by atoms with Gasteiger partial charge < -0.3 is 11.5 Å². The van der Waals surface area contributed by atoms with Gasteiger partial charge in [0.15, 0.2) is 0 Å². The number of rotatable bonds is 1. The van der Waals surface area contributed by atoms with Crippen molar-refractivity contribution in [3.63, 3.8) is 0 Å². The molecule has 0 aliphatic carbocycles. The Morgan fingerprint density at radius 1 is 1.00 bits per heavy atom. The topological polar surface area (TPSA) is 77.8 Å². The molecular weight excluding hydrogens is 226 g/mol. The highest BCUT2D eigenvalue weighted by atomic mass is 19.1. The van der Waals surface area contributed by atoms with Crippen LogP contribution in [0, 0.1) is 18.6 Å². The van der Waals surface area contributed by atoms with E-state index in [4.69, 9.17) is 11.5 Å². The van der Waals surface area contributed by atoms with Gasteiger partial charge in [-0.05, 0) is 24.6 Å². The number of hydrogen-bond donors (Lipinski definition) is 2. The Bertz CT molecular complexity index is 564. The molecule has 1 heterocycles. The summed E-state index contributed by atoms with van der Waals surface area (Å²) in [4.78, 5) is 7.47. The molecule has 2 rings (SSSR count). The van der Waals surface area contributed by atoms with E-state index >= 15 is 0 Å². The van der Waals surface area contributed by atoms with E-state index in [0.717, 1.165) is 12.1 Å². The molecule has 0 aliphatic heterocycles. The highest BCUT2D eigenvalue weighted by Crippen LogP contribution is 2.25. The lowest BCUT2D eigenvalue weighted by atomic mass is 10.1. The predicted molar refractivity (Wildman–Crippen MR) is 60.9 cm³/mol. The molecule has 0 bridgehead atoms. The third-order valence-electron chi connectivity index (χ3n) is 2.29. The zero-order valence-corrected chi connectivity index (χ0v) is 9.04. The van der Waals surface area contributed by atoms with E-state index in [1.165, 1.54) is 13.0 Å². The van der Waals surface area contributed by atoms with E-state index in [1.807, 2.05) is 0 Å². The number of nitrogen functional groups attached to an aromatic ring is 2. The van der Waals surface area contributed by atoms with Crippen molar-refractivity contribution in [2.45, 2.75) is 6.92 Å². The largest absolute Gasteiger partial charge is 0.384 e. The molecule has 0 spiro atoms. The fourth-order valence-electron chi connectivity index (χ4n) is 1.47. The van der Waals surface area contributed by atoms with Gasteiger partial charge in [-0.1, -0.05) is 0 Å². The molecule has 0 amide bonds.